The molecule has 0 aliphatic carbocycles. The Morgan fingerprint density at radius 3 is 2.91 bits per heavy atom. The van der Waals surface area contributed by atoms with Crippen molar-refractivity contribution in [1.82, 2.24) is 19.5 Å². The monoisotopic (exact) mass is 357 g/mol. The average molecular weight is 357 g/mol. The number of hydrogen-bond donors (Lipinski definition) is 4. The van der Waals surface area contributed by atoms with E-state index in [-0.39, 0.29) is 12.4 Å². The van der Waals surface area contributed by atoms with E-state index in [9.17, 15) is 5.11 Å². The lowest BCUT2D eigenvalue weighted by Crippen LogP contribution is -2.35. The molecule has 1 unspecified atom stereocenters. The summed E-state index contributed by atoms with van der Waals surface area (Å²) in [6, 6.07) is 0. The number of anilines is 1. The Bertz CT molecular complexity index is 689. The van der Waals surface area contributed by atoms with Gasteiger partial charge in [-0.15, -0.1) is 0 Å². The molecule has 3 radical (unpaired) electrons. The smallest absolute Gasteiger partial charge is 0.250 e. The third-order valence-electron chi connectivity index (χ3n) is 3.48. The Balaban J connectivity index is 1.89. The van der Waals surface area contributed by atoms with Gasteiger partial charge in [-0.2, -0.15) is 0 Å². The Hall–Kier alpha value is -1.24. The zero-order chi connectivity index (χ0) is 16.6. The fourth-order valence-corrected chi connectivity index (χ4v) is 2.97. The topological polar surface area (TPSA) is 164 Å². The Morgan fingerprint density at radius 2 is 2.22 bits per heavy atom. The molecule has 1 aliphatic heterocycles. The second-order valence-electron chi connectivity index (χ2n) is 4.82. The molecular formula is C10H14N6O5PSi. The normalized spacial score (nSPS) is 29.2. The highest BCUT2D eigenvalue weighted by atomic mass is 31.2. The van der Waals surface area contributed by atoms with Gasteiger partial charge in [0.05, 0.1) is 12.9 Å². The van der Waals surface area contributed by atoms with E-state index < -0.39 is 33.1 Å². The van der Waals surface area contributed by atoms with Crippen LogP contribution in [0.5, 0.6) is 0 Å². The van der Waals surface area contributed by atoms with E-state index in [2.05, 4.69) is 25.4 Å². The van der Waals surface area contributed by atoms with Gasteiger partial charge in [0, 0.05) is 0 Å². The van der Waals surface area contributed by atoms with Crippen LogP contribution in [-0.4, -0.2) is 64.9 Å². The zero-order valence-corrected chi connectivity index (χ0v) is 13.6. The van der Waals surface area contributed by atoms with Gasteiger partial charge in [-0.3, -0.25) is 10.1 Å². The molecule has 1 aliphatic rings. The first-order valence-electron chi connectivity index (χ1n) is 6.48. The third-order valence-corrected chi connectivity index (χ3v) is 4.17. The molecule has 6 N–H and O–H groups in total. The lowest BCUT2D eigenvalue weighted by Gasteiger charge is -2.20. The van der Waals surface area contributed by atoms with Gasteiger partial charge < -0.3 is 29.4 Å². The van der Waals surface area contributed by atoms with Gasteiger partial charge in [0.25, 0.3) is 0 Å². The first-order chi connectivity index (χ1) is 11.0. The lowest BCUT2D eigenvalue weighted by molar-refractivity contribution is -0.0439. The van der Waals surface area contributed by atoms with Gasteiger partial charge in [0.15, 0.2) is 17.7 Å². The summed E-state index contributed by atoms with van der Waals surface area (Å²) in [4.78, 5) is 21.2. The van der Waals surface area contributed by atoms with Crippen LogP contribution in [0.15, 0.2) is 12.7 Å². The molecule has 23 heavy (non-hydrogen) atoms. The third kappa shape index (κ3) is 3.07. The first-order valence-corrected chi connectivity index (χ1v) is 8.17. The fraction of sp³-hybridized carbons (Fsp3) is 0.500. The summed E-state index contributed by atoms with van der Waals surface area (Å²) in [7, 11) is 0.893. The maximum Gasteiger partial charge on any atom is 0.250 e. The molecule has 0 bridgehead atoms. The van der Waals surface area contributed by atoms with Crippen molar-refractivity contribution >= 4 is 36.0 Å². The van der Waals surface area contributed by atoms with Crippen LogP contribution >= 0.6 is 8.53 Å². The van der Waals surface area contributed by atoms with Gasteiger partial charge in [-0.1, -0.05) is 0 Å². The molecular weight excluding hydrogens is 343 g/mol. The number of nitrogens with two attached hydrogens (primary N) is 2. The Labute approximate surface area is 135 Å². The molecule has 123 valence electrons. The molecule has 3 heterocycles. The minimum absolute atomic E-state index is 0.0911. The van der Waals surface area contributed by atoms with Crippen molar-refractivity contribution in [2.24, 2.45) is 5.50 Å². The number of nitrogen functional groups attached to an aromatic ring is 1. The minimum Gasteiger partial charge on any atom is -0.408 e. The Kier molecular flexibility index (Phi) is 4.84. The second-order valence-corrected chi connectivity index (χ2v) is 5.92. The average Bonchev–Trinajstić information content (AvgIpc) is 3.07. The van der Waals surface area contributed by atoms with Crippen LogP contribution in [0, 0.1) is 0 Å². The molecule has 2 aromatic heterocycles. The largest absolute Gasteiger partial charge is 0.408 e. The van der Waals surface area contributed by atoms with Gasteiger partial charge >= 0.3 is 0 Å². The number of aliphatic hydroxyl groups excluding tert-OH is 1. The van der Waals surface area contributed by atoms with E-state index in [1.165, 1.54) is 12.7 Å². The van der Waals surface area contributed by atoms with Gasteiger partial charge in [-0.05, 0) is 0 Å². The first kappa shape index (κ1) is 16.6. The second kappa shape index (κ2) is 6.71. The molecule has 0 amide bonds. The zero-order valence-electron chi connectivity index (χ0n) is 11.7. The van der Waals surface area contributed by atoms with Crippen molar-refractivity contribution in [1.29, 1.82) is 0 Å². The van der Waals surface area contributed by atoms with Crippen LogP contribution in [0.3, 0.4) is 0 Å². The summed E-state index contributed by atoms with van der Waals surface area (Å²) in [6.07, 6.45) is -0.507. The summed E-state index contributed by atoms with van der Waals surface area (Å²) in [5, 5.41) is 10.3. The number of hydrogen-bond acceptors (Lipinski definition) is 10. The standard InChI is InChI=1S/C10H14N6O5PSi/c11-8-5-9(14-2-13-8)16(3-15-5)10-7(21-23)6(17)4(20-10)1-19-22(12)18/h2-4,6-7,10,17-18H,1,12H2,(H2,11,13,14)/t4-,6-,7-,10-,22?/m1/s1. The van der Waals surface area contributed by atoms with Crippen molar-refractivity contribution in [2.75, 3.05) is 12.3 Å². The molecule has 2 aromatic rings. The highest BCUT2D eigenvalue weighted by molar-refractivity contribution is 7.43. The van der Waals surface area contributed by atoms with Crippen molar-refractivity contribution in [3.8, 4) is 0 Å². The maximum atomic E-state index is 10.3. The molecule has 1 fully saturated rings. The van der Waals surface area contributed by atoms with Crippen LogP contribution < -0.4 is 11.2 Å². The molecule has 13 heteroatoms. The summed E-state index contributed by atoms with van der Waals surface area (Å²) in [5.41, 5.74) is 11.8. The number of imidazole rings is 1. The Morgan fingerprint density at radius 1 is 1.43 bits per heavy atom. The maximum absolute atomic E-state index is 10.3. The summed E-state index contributed by atoms with van der Waals surface area (Å²) in [5.74, 6) is 0.233. The SMILES string of the molecule is Nc1ncnc2c1ncn2[C@@H]1O[C@H](COP(N)O)[C@@H](O)[C@H]1O[Si]. The number of ether oxygens (including phenoxy) is 1. The summed E-state index contributed by atoms with van der Waals surface area (Å²) >= 11 is 0. The predicted molar refractivity (Wildman–Crippen MR) is 79.6 cm³/mol. The minimum atomic E-state index is -2.05. The molecule has 0 aromatic carbocycles. The highest BCUT2D eigenvalue weighted by Gasteiger charge is 2.45. The van der Waals surface area contributed by atoms with E-state index in [0.717, 1.165) is 0 Å². The van der Waals surface area contributed by atoms with Crippen LogP contribution in [-0.2, 0) is 13.7 Å². The number of nitrogens with zero attached hydrogens (tertiary/aromatic N) is 4. The molecule has 0 spiro atoms. The summed E-state index contributed by atoms with van der Waals surface area (Å²) in [6.45, 7) is -0.0911. The quantitative estimate of drug-likeness (QED) is 0.359. The van der Waals surface area contributed by atoms with E-state index in [0.29, 0.717) is 11.2 Å². The number of fused-ring (bicyclic) bond motifs is 1. The van der Waals surface area contributed by atoms with Crippen molar-refractivity contribution in [3.63, 3.8) is 0 Å². The van der Waals surface area contributed by atoms with Gasteiger partial charge in [0.1, 0.15) is 30.2 Å². The van der Waals surface area contributed by atoms with E-state index in [1.807, 2.05) is 0 Å². The van der Waals surface area contributed by atoms with Crippen LogP contribution in [0.25, 0.3) is 11.2 Å². The van der Waals surface area contributed by atoms with Crippen LogP contribution in [0.4, 0.5) is 5.82 Å². The number of rotatable bonds is 5. The van der Waals surface area contributed by atoms with Crippen molar-refractivity contribution < 1.29 is 23.7 Å². The number of aromatic nitrogens is 4. The van der Waals surface area contributed by atoms with Crippen molar-refractivity contribution in [2.45, 2.75) is 24.5 Å². The van der Waals surface area contributed by atoms with Crippen LogP contribution in [0.1, 0.15) is 6.23 Å². The van der Waals surface area contributed by atoms with E-state index >= 15 is 0 Å². The highest BCUT2D eigenvalue weighted by Crippen LogP contribution is 2.35. The predicted octanol–water partition coefficient (Wildman–Crippen LogP) is -1.67. The molecule has 5 atom stereocenters. The molecule has 11 nitrogen and oxygen atoms in total. The number of aliphatic hydroxyl groups is 1. The molecule has 3 rings (SSSR count). The lowest BCUT2D eigenvalue weighted by atomic mass is 10.1. The molecule has 0 saturated carbocycles. The van der Waals surface area contributed by atoms with E-state index in [4.69, 9.17) is 29.8 Å². The fourth-order valence-electron chi connectivity index (χ4n) is 2.41. The van der Waals surface area contributed by atoms with E-state index in [1.54, 1.807) is 4.57 Å². The van der Waals surface area contributed by atoms with Gasteiger partial charge in [-0.25, -0.2) is 15.0 Å². The van der Waals surface area contributed by atoms with Gasteiger partial charge in [0.2, 0.25) is 19.0 Å². The summed E-state index contributed by atoms with van der Waals surface area (Å²) < 4.78 is 17.4. The van der Waals surface area contributed by atoms with Crippen LogP contribution in [0.2, 0.25) is 0 Å². The molecule has 1 saturated heterocycles. The van der Waals surface area contributed by atoms with Crippen molar-refractivity contribution in [3.05, 3.63) is 12.7 Å².